The molecule has 3 amide bonds. The SMILES string of the molecule is CCCCCCCCC[C@H](NC(=O)[C@@H]1C[C@@H](OC(=O)N2Cc3ccccc3C2)CN1C(=O)[C@H](C)NCc1ccccc1OC)B(O)O. The highest BCUT2D eigenvalue weighted by Gasteiger charge is 2.44. The van der Waals surface area contributed by atoms with Crippen molar-refractivity contribution in [1.82, 2.24) is 20.4 Å². The highest BCUT2D eigenvalue weighted by atomic mass is 16.6. The Labute approximate surface area is 279 Å². The second-order valence-corrected chi connectivity index (χ2v) is 12.7. The highest BCUT2D eigenvalue weighted by Crippen LogP contribution is 2.27. The van der Waals surface area contributed by atoms with Crippen molar-refractivity contribution >= 4 is 25.0 Å². The van der Waals surface area contributed by atoms with Gasteiger partial charge in [0.05, 0.1) is 25.6 Å². The van der Waals surface area contributed by atoms with Gasteiger partial charge in [0.25, 0.3) is 0 Å². The second kappa shape index (κ2) is 18.1. The second-order valence-electron chi connectivity index (χ2n) is 12.7. The van der Waals surface area contributed by atoms with E-state index in [1.165, 1.54) is 24.2 Å². The summed E-state index contributed by atoms with van der Waals surface area (Å²) in [5.41, 5.74) is 3.01. The molecule has 4 atom stereocenters. The van der Waals surface area contributed by atoms with Crippen molar-refractivity contribution < 1.29 is 33.9 Å². The van der Waals surface area contributed by atoms with Gasteiger partial charge in [0.2, 0.25) is 11.8 Å². The lowest BCUT2D eigenvalue weighted by Gasteiger charge is -2.28. The molecule has 11 nitrogen and oxygen atoms in total. The maximum Gasteiger partial charge on any atom is 0.475 e. The van der Waals surface area contributed by atoms with Gasteiger partial charge in [-0.2, -0.15) is 0 Å². The molecule has 47 heavy (non-hydrogen) atoms. The van der Waals surface area contributed by atoms with Gasteiger partial charge < -0.3 is 35.1 Å². The fourth-order valence-electron chi connectivity index (χ4n) is 6.40. The van der Waals surface area contributed by atoms with Crippen LogP contribution in [0.3, 0.4) is 0 Å². The van der Waals surface area contributed by atoms with Gasteiger partial charge in [-0.15, -0.1) is 0 Å². The van der Waals surface area contributed by atoms with E-state index in [1.54, 1.807) is 18.9 Å². The number of amides is 3. The van der Waals surface area contributed by atoms with Gasteiger partial charge in [-0.3, -0.25) is 14.5 Å². The number of hydrogen-bond donors (Lipinski definition) is 4. The predicted molar refractivity (Wildman–Crippen MR) is 180 cm³/mol. The van der Waals surface area contributed by atoms with Gasteiger partial charge in [-0.05, 0) is 30.5 Å². The van der Waals surface area contributed by atoms with E-state index < -0.39 is 43.2 Å². The molecule has 12 heteroatoms. The number of hydrogen-bond acceptors (Lipinski definition) is 8. The molecule has 4 N–H and O–H groups in total. The fraction of sp³-hybridized carbons (Fsp3) is 0.571. The van der Waals surface area contributed by atoms with Crippen LogP contribution in [0.5, 0.6) is 5.75 Å². The third-order valence-corrected chi connectivity index (χ3v) is 9.18. The van der Waals surface area contributed by atoms with Gasteiger partial charge >= 0.3 is 13.2 Å². The number of methoxy groups -OCH3 is 1. The third-order valence-electron chi connectivity index (χ3n) is 9.18. The Morgan fingerprint density at radius 3 is 2.26 bits per heavy atom. The summed E-state index contributed by atoms with van der Waals surface area (Å²) in [6, 6.07) is 13.8. The Morgan fingerprint density at radius 2 is 1.60 bits per heavy atom. The summed E-state index contributed by atoms with van der Waals surface area (Å²) >= 11 is 0. The number of fused-ring (bicyclic) bond motifs is 1. The molecular weight excluding hydrogens is 599 g/mol. The van der Waals surface area contributed by atoms with Crippen LogP contribution in [0.1, 0.15) is 88.3 Å². The average Bonchev–Trinajstić information content (AvgIpc) is 3.70. The summed E-state index contributed by atoms with van der Waals surface area (Å²) in [7, 11) is -0.149. The molecule has 4 rings (SSSR count). The molecule has 0 saturated carbocycles. The summed E-state index contributed by atoms with van der Waals surface area (Å²) in [4.78, 5) is 43.7. The molecule has 1 saturated heterocycles. The van der Waals surface area contributed by atoms with E-state index in [9.17, 15) is 24.4 Å². The van der Waals surface area contributed by atoms with E-state index in [4.69, 9.17) is 9.47 Å². The number of rotatable bonds is 17. The molecule has 1 fully saturated rings. The highest BCUT2D eigenvalue weighted by molar-refractivity contribution is 6.43. The van der Waals surface area contributed by atoms with Crippen LogP contribution in [0.4, 0.5) is 4.79 Å². The Morgan fingerprint density at radius 1 is 0.957 bits per heavy atom. The maximum atomic E-state index is 13.8. The van der Waals surface area contributed by atoms with Crippen LogP contribution in [0, 0.1) is 0 Å². The smallest absolute Gasteiger partial charge is 0.475 e. The van der Waals surface area contributed by atoms with Crippen molar-refractivity contribution in [2.45, 2.75) is 115 Å². The molecule has 2 aromatic rings. The van der Waals surface area contributed by atoms with E-state index in [1.807, 2.05) is 48.5 Å². The standard InChI is InChI=1S/C35H51BN4O7/c1-4-5-6-7-8-9-10-19-32(36(44)45)38-33(41)30-20-29(47-35(43)39-22-27-16-11-12-17-28(27)23-39)24-40(30)34(42)25(2)37-21-26-15-13-14-18-31(26)46-3/h11-18,25,29-30,32,37,44-45H,4-10,19-24H2,1-3H3,(H,38,41)/t25-,29+,30-,32-/m0/s1. The van der Waals surface area contributed by atoms with Crippen LogP contribution < -0.4 is 15.4 Å². The number of para-hydroxylation sites is 1. The Kier molecular flexibility index (Phi) is 13.9. The number of carbonyl (C=O) groups is 3. The first-order valence-electron chi connectivity index (χ1n) is 17.1. The lowest BCUT2D eigenvalue weighted by atomic mass is 9.76. The Balaban J connectivity index is 1.40. The molecule has 0 unspecified atom stereocenters. The van der Waals surface area contributed by atoms with E-state index in [0.717, 1.165) is 42.4 Å². The lowest BCUT2D eigenvalue weighted by molar-refractivity contribution is -0.140. The molecule has 0 radical (unpaired) electrons. The van der Waals surface area contributed by atoms with Crippen molar-refractivity contribution in [2.24, 2.45) is 0 Å². The first-order chi connectivity index (χ1) is 22.7. The molecule has 2 aromatic carbocycles. The van der Waals surface area contributed by atoms with Crippen molar-refractivity contribution in [3.05, 3.63) is 65.2 Å². The first kappa shape index (κ1) is 36.2. The van der Waals surface area contributed by atoms with Gasteiger partial charge in [-0.25, -0.2) is 4.79 Å². The summed E-state index contributed by atoms with van der Waals surface area (Å²) < 4.78 is 11.3. The number of nitrogens with one attached hydrogen (secondary N) is 2. The van der Waals surface area contributed by atoms with Crippen molar-refractivity contribution in [1.29, 1.82) is 0 Å². The monoisotopic (exact) mass is 650 g/mol. The van der Waals surface area contributed by atoms with Gasteiger partial charge in [-0.1, -0.05) is 94.3 Å². The van der Waals surface area contributed by atoms with E-state index >= 15 is 0 Å². The third kappa shape index (κ3) is 10.2. The van der Waals surface area contributed by atoms with Crippen molar-refractivity contribution in [3.63, 3.8) is 0 Å². The number of ether oxygens (including phenoxy) is 2. The zero-order valence-electron chi connectivity index (χ0n) is 28.0. The molecule has 0 spiro atoms. The number of unbranched alkanes of at least 4 members (excludes halogenated alkanes) is 6. The fourth-order valence-corrected chi connectivity index (χ4v) is 6.40. The van der Waals surface area contributed by atoms with Crippen LogP contribution in [-0.2, 0) is 34.0 Å². The minimum atomic E-state index is -1.74. The van der Waals surface area contributed by atoms with E-state index in [0.29, 0.717) is 31.8 Å². The Hall–Kier alpha value is -3.61. The largest absolute Gasteiger partial charge is 0.496 e. The minimum absolute atomic E-state index is 0.0498. The zero-order valence-corrected chi connectivity index (χ0v) is 28.0. The van der Waals surface area contributed by atoms with Crippen LogP contribution >= 0.6 is 0 Å². The van der Waals surface area contributed by atoms with Crippen LogP contribution in [0.2, 0.25) is 0 Å². The summed E-state index contributed by atoms with van der Waals surface area (Å²) in [6.45, 7) is 5.20. The normalized spacial score (nSPS) is 18.4. The van der Waals surface area contributed by atoms with E-state index in [-0.39, 0.29) is 18.9 Å². The van der Waals surface area contributed by atoms with Gasteiger partial charge in [0.15, 0.2) is 0 Å². The Bertz CT molecular complexity index is 1300. The van der Waals surface area contributed by atoms with Gasteiger partial charge in [0.1, 0.15) is 17.9 Å². The minimum Gasteiger partial charge on any atom is -0.496 e. The first-order valence-corrected chi connectivity index (χ1v) is 17.1. The molecule has 256 valence electrons. The number of likely N-dealkylation sites (tertiary alicyclic amines) is 1. The molecule has 0 bridgehead atoms. The van der Waals surface area contributed by atoms with Crippen molar-refractivity contribution in [3.8, 4) is 5.75 Å². The molecular formula is C35H51BN4O7. The topological polar surface area (TPSA) is 141 Å². The van der Waals surface area contributed by atoms with Gasteiger partial charge in [0, 0.05) is 31.6 Å². The molecule has 0 aromatic heterocycles. The quantitative estimate of drug-likeness (QED) is 0.149. The molecule has 2 heterocycles. The maximum absolute atomic E-state index is 13.8. The molecule has 2 aliphatic rings. The zero-order chi connectivity index (χ0) is 33.8. The number of benzene rings is 2. The predicted octanol–water partition coefficient (Wildman–Crippen LogP) is 3.93. The number of nitrogens with zero attached hydrogens (tertiary/aromatic N) is 2. The van der Waals surface area contributed by atoms with Crippen molar-refractivity contribution in [2.75, 3.05) is 13.7 Å². The van der Waals surface area contributed by atoms with E-state index in [2.05, 4.69) is 17.6 Å². The number of carbonyl (C=O) groups excluding carboxylic acids is 3. The summed E-state index contributed by atoms with van der Waals surface area (Å²) in [5, 5.41) is 26.2. The van der Waals surface area contributed by atoms with Crippen LogP contribution in [0.15, 0.2) is 48.5 Å². The molecule has 0 aliphatic carbocycles. The van der Waals surface area contributed by atoms with Crippen LogP contribution in [-0.4, -0.2) is 82.7 Å². The van der Waals surface area contributed by atoms with Crippen LogP contribution in [0.25, 0.3) is 0 Å². The molecule has 2 aliphatic heterocycles. The summed E-state index contributed by atoms with van der Waals surface area (Å²) in [5.74, 6) is -0.992. The lowest BCUT2D eigenvalue weighted by Crippen LogP contribution is -2.55. The summed E-state index contributed by atoms with van der Waals surface area (Å²) in [6.07, 6.45) is 6.76. The average molecular weight is 651 g/mol.